The van der Waals surface area contributed by atoms with Crippen molar-refractivity contribution in [2.24, 2.45) is 28.1 Å². The normalized spacial score (nSPS) is 40.0. The second kappa shape index (κ2) is 11.0. The molecule has 2 spiro atoms. The van der Waals surface area contributed by atoms with Crippen molar-refractivity contribution in [3.8, 4) is 0 Å². The van der Waals surface area contributed by atoms with Crippen LogP contribution in [0.2, 0.25) is 5.02 Å². The van der Waals surface area contributed by atoms with Crippen LogP contribution in [0.1, 0.15) is 56.2 Å². The molecule has 3 unspecified atom stereocenters. The molecular weight excluding hydrogens is 678 g/mol. The van der Waals surface area contributed by atoms with Gasteiger partial charge >= 0.3 is 23.9 Å². The topological polar surface area (TPSA) is 158 Å². The average molecular weight is 716 g/mol. The Kier molecular flexibility index (Phi) is 7.41. The highest BCUT2D eigenvalue weighted by atomic mass is 35.5. The van der Waals surface area contributed by atoms with Crippen molar-refractivity contribution in [1.29, 1.82) is 0 Å². The van der Waals surface area contributed by atoms with E-state index in [1.165, 1.54) is 11.8 Å². The molecule has 12 nitrogen and oxygen atoms in total. The maximum absolute atomic E-state index is 14.8. The Morgan fingerprint density at radius 2 is 1.90 bits per heavy atom. The molecule has 1 saturated carbocycles. The number of cyclic esters (lactones) is 1. The highest BCUT2D eigenvalue weighted by Crippen LogP contribution is 2.81. The number of hydrogen-bond donors (Lipinski definition) is 2. The summed E-state index contributed by atoms with van der Waals surface area (Å²) in [4.78, 5) is 59.7. The number of ether oxygens (including phenoxy) is 5. The lowest BCUT2D eigenvalue weighted by Crippen LogP contribution is -2.68. The summed E-state index contributed by atoms with van der Waals surface area (Å²) in [7, 11) is 0. The minimum Gasteiger partial charge on any atom is -0.459 e. The van der Waals surface area contributed by atoms with Crippen LogP contribution in [0, 0.1) is 28.1 Å². The lowest BCUT2D eigenvalue weighted by Gasteiger charge is -2.50. The first-order valence-corrected chi connectivity index (χ1v) is 17.8. The van der Waals surface area contributed by atoms with Gasteiger partial charge in [-0.05, 0) is 59.7 Å². The second-order valence-electron chi connectivity index (χ2n) is 15.1. The molecule has 2 N–H and O–H groups in total. The van der Waals surface area contributed by atoms with E-state index in [0.29, 0.717) is 30.1 Å². The Bertz CT molecular complexity index is 1760. The number of fused-ring (bicyclic) bond motifs is 1. The molecule has 1 aliphatic carbocycles. The number of carbonyl (C=O) groups is 4. The number of aliphatic hydroxyl groups is 2. The van der Waals surface area contributed by atoms with Crippen LogP contribution >= 0.6 is 22.9 Å². The largest absolute Gasteiger partial charge is 0.459 e. The third-order valence-corrected chi connectivity index (χ3v) is 13.5. The molecule has 5 aliphatic heterocycles. The molecule has 4 saturated heterocycles. The molecule has 0 radical (unpaired) electrons. The van der Waals surface area contributed by atoms with Crippen molar-refractivity contribution < 1.29 is 53.1 Å². The van der Waals surface area contributed by atoms with Crippen LogP contribution in [0.3, 0.4) is 0 Å². The van der Waals surface area contributed by atoms with Gasteiger partial charge in [-0.25, -0.2) is 14.4 Å². The van der Waals surface area contributed by atoms with Gasteiger partial charge in [0.05, 0.1) is 23.4 Å². The van der Waals surface area contributed by atoms with Crippen LogP contribution < -0.4 is 0 Å². The van der Waals surface area contributed by atoms with Gasteiger partial charge in [-0.15, -0.1) is 11.3 Å². The highest BCUT2D eigenvalue weighted by molar-refractivity contribution is 7.10. The van der Waals surface area contributed by atoms with Crippen molar-refractivity contribution in [1.82, 2.24) is 4.90 Å². The second-order valence-corrected chi connectivity index (χ2v) is 16.5. The van der Waals surface area contributed by atoms with Crippen molar-refractivity contribution in [3.05, 3.63) is 56.7 Å². The Morgan fingerprint density at radius 3 is 2.61 bits per heavy atom. The van der Waals surface area contributed by atoms with Crippen LogP contribution in [0.4, 0.5) is 0 Å². The fraction of sp³-hybridized carbons (Fsp3) is 0.600. The number of thiophene rings is 1. The van der Waals surface area contributed by atoms with Gasteiger partial charge in [0.25, 0.3) is 0 Å². The summed E-state index contributed by atoms with van der Waals surface area (Å²) in [5.74, 6) is -5.44. The average Bonchev–Trinajstić information content (AvgIpc) is 3.81. The molecular formula is C35H38ClNO11S. The van der Waals surface area contributed by atoms with Crippen molar-refractivity contribution >= 4 is 46.8 Å². The molecule has 8 rings (SSSR count). The molecule has 262 valence electrons. The third-order valence-electron chi connectivity index (χ3n) is 12.1. The lowest BCUT2D eigenvalue weighted by molar-refractivity contribution is -0.207. The summed E-state index contributed by atoms with van der Waals surface area (Å²) in [6.07, 6.45) is -6.72. The van der Waals surface area contributed by atoms with Gasteiger partial charge in [-0.3, -0.25) is 9.69 Å². The predicted octanol–water partition coefficient (Wildman–Crippen LogP) is 2.94. The molecule has 6 heterocycles. The SMILES string of the molecule is C[C@@H]1C(=O)O[C@H](CO)[C@H](O)C23C4C[C@@H](C(C)(C)C)C25[C@@H](OC(=O)[C@@H]5OC(=O)[C@H](c2ccccc2Cl)N2CCc5sccc5C2)O[C@@]13C(=O)O4. The fourth-order valence-corrected chi connectivity index (χ4v) is 11.4. The standard InChI is InChI=1S/C35H38ClNO11S/c1-16-27(40)44-20(15-38)25(39)34-23-13-22(32(2,3)4)33(34)26(29(42)47-31(33)48-35(16,34)30(43)45-23)46-28(41)24(18-7-5-6-8-19(18)36)37-11-9-21-17(14-37)10-12-49-21/h5-8,10,12,16,20,22-26,31,38-39H,9,11,13-15H2,1-4H3/t16-,20-,22+,23?,24+,25+,26+,31+,33?,34?,35-/m1/s1. The highest BCUT2D eigenvalue weighted by Gasteiger charge is 2.97. The van der Waals surface area contributed by atoms with Gasteiger partial charge in [-0.1, -0.05) is 50.6 Å². The maximum Gasteiger partial charge on any atom is 0.350 e. The van der Waals surface area contributed by atoms with Crippen molar-refractivity contribution in [2.45, 2.75) is 89.4 Å². The molecule has 1 aromatic carbocycles. The number of esters is 4. The molecule has 5 fully saturated rings. The smallest absolute Gasteiger partial charge is 0.350 e. The first-order chi connectivity index (χ1) is 23.2. The molecule has 0 bridgehead atoms. The van der Waals surface area contributed by atoms with Crippen LogP contribution in [-0.2, 0) is 55.8 Å². The summed E-state index contributed by atoms with van der Waals surface area (Å²) < 4.78 is 30.4. The lowest BCUT2D eigenvalue weighted by atomic mass is 9.48. The van der Waals surface area contributed by atoms with E-state index in [0.717, 1.165) is 5.56 Å². The van der Waals surface area contributed by atoms with Gasteiger partial charge in [0.2, 0.25) is 12.4 Å². The monoisotopic (exact) mass is 715 g/mol. The summed E-state index contributed by atoms with van der Waals surface area (Å²) in [6, 6.07) is 7.94. The van der Waals surface area contributed by atoms with E-state index < -0.39 is 101 Å². The zero-order valence-corrected chi connectivity index (χ0v) is 29.0. The number of halogens is 1. The van der Waals surface area contributed by atoms with Gasteiger partial charge < -0.3 is 33.9 Å². The van der Waals surface area contributed by atoms with Crippen molar-refractivity contribution in [3.63, 3.8) is 0 Å². The molecule has 49 heavy (non-hydrogen) atoms. The number of rotatable bonds is 5. The Morgan fingerprint density at radius 1 is 1.14 bits per heavy atom. The molecule has 11 atom stereocenters. The van der Waals surface area contributed by atoms with E-state index in [1.807, 2.05) is 37.1 Å². The van der Waals surface area contributed by atoms with E-state index in [2.05, 4.69) is 0 Å². The number of nitrogens with zero attached hydrogens (tertiary/aromatic N) is 1. The molecule has 0 amide bonds. The summed E-state index contributed by atoms with van der Waals surface area (Å²) in [6.45, 7) is 7.40. The van der Waals surface area contributed by atoms with E-state index in [-0.39, 0.29) is 6.42 Å². The zero-order chi connectivity index (χ0) is 34.8. The van der Waals surface area contributed by atoms with Crippen LogP contribution in [-0.4, -0.2) is 88.4 Å². The minimum atomic E-state index is -2.17. The number of carbonyl (C=O) groups excluding carboxylic acids is 4. The van der Waals surface area contributed by atoms with E-state index >= 15 is 0 Å². The molecule has 1 aromatic heterocycles. The molecule has 6 aliphatic rings. The van der Waals surface area contributed by atoms with E-state index in [9.17, 15) is 29.4 Å². The Labute approximate surface area is 291 Å². The fourth-order valence-electron chi connectivity index (χ4n) is 10.3. The summed E-state index contributed by atoms with van der Waals surface area (Å²) in [5, 5.41) is 25.2. The first-order valence-electron chi connectivity index (χ1n) is 16.6. The van der Waals surface area contributed by atoms with Gasteiger partial charge in [0.1, 0.15) is 18.2 Å². The number of benzene rings is 1. The van der Waals surface area contributed by atoms with Gasteiger partial charge in [0, 0.05) is 23.0 Å². The quantitative estimate of drug-likeness (QED) is 0.345. The minimum absolute atomic E-state index is 0.138. The van der Waals surface area contributed by atoms with Gasteiger partial charge in [-0.2, -0.15) is 0 Å². The zero-order valence-electron chi connectivity index (χ0n) is 27.4. The number of aliphatic hydroxyl groups excluding tert-OH is 2. The maximum atomic E-state index is 14.8. The van der Waals surface area contributed by atoms with E-state index in [4.69, 9.17) is 35.3 Å². The van der Waals surface area contributed by atoms with Gasteiger partial charge in [0.15, 0.2) is 11.7 Å². The number of hydrogen-bond acceptors (Lipinski definition) is 13. The van der Waals surface area contributed by atoms with Crippen LogP contribution in [0.25, 0.3) is 0 Å². The predicted molar refractivity (Wildman–Crippen MR) is 171 cm³/mol. The van der Waals surface area contributed by atoms with Crippen LogP contribution in [0.5, 0.6) is 0 Å². The molecule has 14 heteroatoms. The molecule has 2 aromatic rings. The van der Waals surface area contributed by atoms with E-state index in [1.54, 1.807) is 35.6 Å². The third kappa shape index (κ3) is 4.00. The Hall–Kier alpha value is -3.07. The summed E-state index contributed by atoms with van der Waals surface area (Å²) in [5.41, 5.74) is -4.90. The van der Waals surface area contributed by atoms with Crippen LogP contribution in [0.15, 0.2) is 35.7 Å². The van der Waals surface area contributed by atoms with Crippen molar-refractivity contribution in [2.75, 3.05) is 13.2 Å². The first kappa shape index (κ1) is 33.1. The summed E-state index contributed by atoms with van der Waals surface area (Å²) >= 11 is 8.37. The Balaban J connectivity index is 1.30.